The minimum Gasteiger partial charge on any atom is -0.491 e. The highest BCUT2D eigenvalue weighted by Gasteiger charge is 2.36. The molecular weight excluding hydrogens is 306 g/mol. The molecule has 2 fully saturated rings. The van der Waals surface area contributed by atoms with E-state index in [0.717, 1.165) is 25.0 Å². The number of nitrogens with one attached hydrogen (secondary N) is 2. The minimum atomic E-state index is -0.859. The van der Waals surface area contributed by atoms with Crippen LogP contribution in [0, 0.1) is 17.6 Å². The van der Waals surface area contributed by atoms with Crippen LogP contribution in [0.5, 0.6) is 5.75 Å². The summed E-state index contributed by atoms with van der Waals surface area (Å²) < 4.78 is 37.5. The quantitative estimate of drug-likeness (QED) is 0.894. The van der Waals surface area contributed by atoms with Gasteiger partial charge in [-0.15, -0.1) is 0 Å². The maximum atomic E-state index is 13.6. The van der Waals surface area contributed by atoms with Gasteiger partial charge in [0.1, 0.15) is 0 Å². The van der Waals surface area contributed by atoms with Gasteiger partial charge in [0.05, 0.1) is 13.2 Å². The Morgan fingerprint density at radius 2 is 1.96 bits per heavy atom. The molecule has 1 aliphatic heterocycles. The van der Waals surface area contributed by atoms with Crippen molar-refractivity contribution in [2.24, 2.45) is 5.92 Å². The lowest BCUT2D eigenvalue weighted by Crippen LogP contribution is -2.44. The zero-order chi connectivity index (χ0) is 16.4. The summed E-state index contributed by atoms with van der Waals surface area (Å²) in [4.78, 5) is 12.0. The first-order valence-corrected chi connectivity index (χ1v) is 7.79. The predicted octanol–water partition coefficient (Wildman–Crippen LogP) is 3.05. The van der Waals surface area contributed by atoms with E-state index in [9.17, 15) is 13.6 Å². The van der Waals surface area contributed by atoms with E-state index >= 15 is 0 Å². The molecule has 2 N–H and O–H groups in total. The molecule has 2 aliphatic rings. The van der Waals surface area contributed by atoms with Crippen molar-refractivity contribution in [3.63, 3.8) is 0 Å². The summed E-state index contributed by atoms with van der Waals surface area (Å²) in [5.74, 6) is -1.56. The summed E-state index contributed by atoms with van der Waals surface area (Å²) in [5, 5.41) is 5.30. The third-order valence-electron chi connectivity index (χ3n) is 4.26. The van der Waals surface area contributed by atoms with Crippen LogP contribution in [0.25, 0.3) is 0 Å². The van der Waals surface area contributed by atoms with Gasteiger partial charge < -0.3 is 20.1 Å². The predicted molar refractivity (Wildman–Crippen MR) is 80.6 cm³/mol. The summed E-state index contributed by atoms with van der Waals surface area (Å²) in [6.45, 7) is 0.623. The highest BCUT2D eigenvalue weighted by atomic mass is 19.1. The van der Waals surface area contributed by atoms with Gasteiger partial charge in [-0.3, -0.25) is 0 Å². The Hall–Kier alpha value is -1.89. The molecule has 5 nitrogen and oxygen atoms in total. The van der Waals surface area contributed by atoms with Gasteiger partial charge in [-0.25, -0.2) is 13.6 Å². The standard InChI is InChI=1S/C16H20F2N2O3/c1-22-15-12(17)6-11(7-13(15)18)20-16(21)19-10-4-5-23-14(8-10)9-2-3-9/h6-7,9-10,14H,2-5,8H2,1H3,(H2,19,20,21)/t10-,14-/m1/s1. The number of hydrogen-bond acceptors (Lipinski definition) is 3. The lowest BCUT2D eigenvalue weighted by atomic mass is 10.0. The maximum Gasteiger partial charge on any atom is 0.319 e. The molecular formula is C16H20F2N2O3. The molecule has 0 aromatic heterocycles. The van der Waals surface area contributed by atoms with Crippen molar-refractivity contribution in [1.29, 1.82) is 0 Å². The lowest BCUT2D eigenvalue weighted by molar-refractivity contribution is -0.00889. The SMILES string of the molecule is COc1c(F)cc(NC(=O)N[C@@H]2CCO[C@@H](C3CC3)C2)cc1F. The first-order chi connectivity index (χ1) is 11.1. The van der Waals surface area contributed by atoms with Crippen molar-refractivity contribution < 1.29 is 23.0 Å². The molecule has 1 saturated heterocycles. The molecule has 1 aliphatic carbocycles. The summed E-state index contributed by atoms with van der Waals surface area (Å²) in [6.07, 6.45) is 4.11. The normalized spacial score (nSPS) is 24.1. The van der Waals surface area contributed by atoms with Gasteiger partial charge in [0.2, 0.25) is 0 Å². The fourth-order valence-electron chi connectivity index (χ4n) is 2.94. The molecule has 1 heterocycles. The molecule has 2 amide bonds. The van der Waals surface area contributed by atoms with Crippen LogP contribution in [0.15, 0.2) is 12.1 Å². The van der Waals surface area contributed by atoms with Crippen molar-refractivity contribution in [2.75, 3.05) is 19.0 Å². The third kappa shape index (κ3) is 3.90. The first-order valence-electron chi connectivity index (χ1n) is 7.79. The zero-order valence-electron chi connectivity index (χ0n) is 12.9. The number of carbonyl (C=O) groups is 1. The summed E-state index contributed by atoms with van der Waals surface area (Å²) >= 11 is 0. The number of hydrogen-bond donors (Lipinski definition) is 2. The van der Waals surface area contributed by atoms with Gasteiger partial charge >= 0.3 is 6.03 Å². The van der Waals surface area contributed by atoms with E-state index < -0.39 is 23.4 Å². The van der Waals surface area contributed by atoms with Crippen LogP contribution < -0.4 is 15.4 Å². The van der Waals surface area contributed by atoms with Gasteiger partial charge in [-0.2, -0.15) is 0 Å². The Labute approximate surface area is 133 Å². The van der Waals surface area contributed by atoms with E-state index in [1.807, 2.05) is 0 Å². The lowest BCUT2D eigenvalue weighted by Gasteiger charge is -2.30. The smallest absolute Gasteiger partial charge is 0.319 e. The molecule has 0 unspecified atom stereocenters. The molecule has 2 atom stereocenters. The number of halogens is 2. The minimum absolute atomic E-state index is 0.0160. The van der Waals surface area contributed by atoms with Crippen LogP contribution in [0.4, 0.5) is 19.3 Å². The molecule has 3 rings (SSSR count). The van der Waals surface area contributed by atoms with Crippen LogP contribution >= 0.6 is 0 Å². The van der Waals surface area contributed by atoms with Crippen molar-refractivity contribution in [1.82, 2.24) is 5.32 Å². The van der Waals surface area contributed by atoms with Crippen LogP contribution in [-0.2, 0) is 4.74 Å². The molecule has 1 saturated carbocycles. The number of urea groups is 1. The second kappa shape index (κ2) is 6.70. The van der Waals surface area contributed by atoms with Crippen molar-refractivity contribution >= 4 is 11.7 Å². The van der Waals surface area contributed by atoms with Crippen LogP contribution in [0.2, 0.25) is 0 Å². The largest absolute Gasteiger partial charge is 0.491 e. The van der Waals surface area contributed by atoms with E-state index in [1.165, 1.54) is 20.0 Å². The Morgan fingerprint density at radius 1 is 1.26 bits per heavy atom. The van der Waals surface area contributed by atoms with Crippen LogP contribution in [0.3, 0.4) is 0 Å². The van der Waals surface area contributed by atoms with Crippen molar-refractivity contribution in [3.8, 4) is 5.75 Å². The molecule has 7 heteroatoms. The second-order valence-corrected chi connectivity index (χ2v) is 6.04. The second-order valence-electron chi connectivity index (χ2n) is 6.04. The number of methoxy groups -OCH3 is 1. The fraction of sp³-hybridized carbons (Fsp3) is 0.562. The van der Waals surface area contributed by atoms with E-state index in [0.29, 0.717) is 12.5 Å². The highest BCUT2D eigenvalue weighted by Crippen LogP contribution is 2.38. The van der Waals surface area contributed by atoms with Crippen molar-refractivity contribution in [2.45, 2.75) is 37.8 Å². The topological polar surface area (TPSA) is 59.6 Å². The van der Waals surface area contributed by atoms with E-state index in [1.54, 1.807) is 0 Å². The van der Waals surface area contributed by atoms with E-state index in [2.05, 4.69) is 15.4 Å². The Kier molecular flexibility index (Phi) is 4.66. The fourth-order valence-corrected chi connectivity index (χ4v) is 2.94. The van der Waals surface area contributed by atoms with Crippen LogP contribution in [-0.4, -0.2) is 31.9 Å². The number of benzene rings is 1. The van der Waals surface area contributed by atoms with E-state index in [4.69, 9.17) is 4.74 Å². The molecule has 23 heavy (non-hydrogen) atoms. The summed E-state index contributed by atoms with van der Waals surface area (Å²) in [6, 6.07) is 1.59. The van der Waals surface area contributed by atoms with Gasteiger partial charge in [-0.1, -0.05) is 0 Å². The van der Waals surface area contributed by atoms with E-state index in [-0.39, 0.29) is 17.8 Å². The molecule has 126 valence electrons. The molecule has 1 aromatic carbocycles. The average Bonchev–Trinajstić information content (AvgIpc) is 3.31. The maximum absolute atomic E-state index is 13.6. The van der Waals surface area contributed by atoms with Crippen molar-refractivity contribution in [3.05, 3.63) is 23.8 Å². The number of carbonyl (C=O) groups excluding carboxylic acids is 1. The number of rotatable bonds is 4. The number of ether oxygens (including phenoxy) is 2. The third-order valence-corrected chi connectivity index (χ3v) is 4.26. The number of anilines is 1. The molecule has 0 bridgehead atoms. The first kappa shape index (κ1) is 16.0. The Bertz CT molecular complexity index is 570. The molecule has 0 radical (unpaired) electrons. The van der Waals surface area contributed by atoms with Gasteiger partial charge in [-0.05, 0) is 31.6 Å². The van der Waals surface area contributed by atoms with Crippen LogP contribution in [0.1, 0.15) is 25.7 Å². The van der Waals surface area contributed by atoms with Gasteiger partial charge in [0, 0.05) is 30.5 Å². The monoisotopic (exact) mass is 326 g/mol. The molecule has 0 spiro atoms. The average molecular weight is 326 g/mol. The van der Waals surface area contributed by atoms with Gasteiger partial charge in [0.15, 0.2) is 17.4 Å². The highest BCUT2D eigenvalue weighted by molar-refractivity contribution is 5.89. The summed E-state index contributed by atoms with van der Waals surface area (Å²) in [5.41, 5.74) is 0.0455. The molecule has 1 aromatic rings. The Balaban J connectivity index is 1.56. The van der Waals surface area contributed by atoms with Gasteiger partial charge in [0.25, 0.3) is 0 Å². The zero-order valence-corrected chi connectivity index (χ0v) is 12.9. The Morgan fingerprint density at radius 3 is 2.57 bits per heavy atom. The number of amides is 2. The summed E-state index contributed by atoms with van der Waals surface area (Å²) in [7, 11) is 1.18.